The van der Waals surface area contributed by atoms with Crippen molar-refractivity contribution in [1.82, 2.24) is 25.5 Å². The van der Waals surface area contributed by atoms with Crippen molar-refractivity contribution in [2.75, 3.05) is 5.32 Å². The number of nitrogens with one attached hydrogen (secondary N) is 2. The summed E-state index contributed by atoms with van der Waals surface area (Å²) in [6, 6.07) is 7.10. The van der Waals surface area contributed by atoms with Crippen molar-refractivity contribution in [3.63, 3.8) is 0 Å². The van der Waals surface area contributed by atoms with Crippen molar-refractivity contribution in [2.45, 2.75) is 19.9 Å². The Labute approximate surface area is 143 Å². The maximum absolute atomic E-state index is 11.8. The zero-order valence-electron chi connectivity index (χ0n) is 12.4. The van der Waals surface area contributed by atoms with Crippen molar-refractivity contribution in [1.29, 1.82) is 0 Å². The molecular formula is C14H15ClN6OS. The number of hydrogen-bond donors (Lipinski definition) is 2. The average Bonchev–Trinajstić information content (AvgIpc) is 2.94. The predicted octanol–water partition coefficient (Wildman–Crippen LogP) is 2.26. The second-order valence-corrected chi connectivity index (χ2v) is 5.38. The Bertz CT molecular complexity index is 712. The zero-order valence-corrected chi connectivity index (χ0v) is 13.9. The summed E-state index contributed by atoms with van der Waals surface area (Å²) in [6.45, 7) is 2.67. The fourth-order valence-corrected chi connectivity index (χ4v) is 1.94. The molecule has 0 aliphatic heterocycles. The van der Waals surface area contributed by atoms with E-state index in [1.807, 2.05) is 6.92 Å². The second kappa shape index (κ2) is 8.35. The molecule has 0 aliphatic rings. The molecule has 0 bridgehead atoms. The number of aryl methyl sites for hydroxylation is 1. The number of aromatic nitrogens is 4. The van der Waals surface area contributed by atoms with Gasteiger partial charge >= 0.3 is 0 Å². The second-order valence-electron chi connectivity index (χ2n) is 4.54. The fraction of sp³-hybridized carbons (Fsp3) is 0.214. The third-order valence-electron chi connectivity index (χ3n) is 2.64. The highest BCUT2D eigenvalue weighted by Gasteiger charge is 2.06. The minimum atomic E-state index is -0.363. The van der Waals surface area contributed by atoms with E-state index in [9.17, 15) is 4.79 Å². The molecular weight excluding hydrogens is 336 g/mol. The van der Waals surface area contributed by atoms with Crippen LogP contribution < -0.4 is 10.6 Å². The number of benzene rings is 1. The van der Waals surface area contributed by atoms with E-state index in [4.69, 9.17) is 23.8 Å². The Morgan fingerprint density at radius 3 is 2.83 bits per heavy atom. The summed E-state index contributed by atoms with van der Waals surface area (Å²) >= 11 is 10.8. The Morgan fingerprint density at radius 2 is 2.13 bits per heavy atom. The summed E-state index contributed by atoms with van der Waals surface area (Å²) in [5, 5.41) is 17.6. The quantitative estimate of drug-likeness (QED) is 0.635. The van der Waals surface area contributed by atoms with Crippen LogP contribution >= 0.6 is 23.8 Å². The van der Waals surface area contributed by atoms with Gasteiger partial charge in [-0.05, 0) is 47.6 Å². The first-order valence-electron chi connectivity index (χ1n) is 6.90. The predicted molar refractivity (Wildman–Crippen MR) is 93.0 cm³/mol. The molecule has 0 spiro atoms. The Hall–Kier alpha value is -2.32. The van der Waals surface area contributed by atoms with Gasteiger partial charge in [0, 0.05) is 11.1 Å². The third kappa shape index (κ3) is 5.76. The SMILES string of the molecule is CCCn1nnc(NC(=S)NC(=O)/C=C/c2ccc(Cl)cc2)n1. The monoisotopic (exact) mass is 350 g/mol. The molecule has 120 valence electrons. The van der Waals surface area contributed by atoms with Crippen LogP contribution in [-0.2, 0) is 11.3 Å². The lowest BCUT2D eigenvalue weighted by molar-refractivity contribution is -0.115. The van der Waals surface area contributed by atoms with E-state index in [0.29, 0.717) is 11.6 Å². The maximum Gasteiger partial charge on any atom is 0.269 e. The highest BCUT2D eigenvalue weighted by molar-refractivity contribution is 7.80. The van der Waals surface area contributed by atoms with Gasteiger partial charge in [-0.3, -0.25) is 15.4 Å². The van der Waals surface area contributed by atoms with Crippen LogP contribution in [-0.4, -0.2) is 31.2 Å². The number of thiocarbonyl (C=S) groups is 1. The van der Waals surface area contributed by atoms with Crippen LogP contribution in [0.3, 0.4) is 0 Å². The maximum atomic E-state index is 11.8. The first-order valence-corrected chi connectivity index (χ1v) is 7.69. The Kier molecular flexibility index (Phi) is 6.19. The first-order chi connectivity index (χ1) is 11.1. The standard InChI is InChI=1S/C14H15ClN6OS/c1-2-9-21-19-13(18-20-21)17-14(23)16-12(22)8-5-10-3-6-11(15)7-4-10/h3-8H,2,9H2,1H3,(H2,16,17,19,22,23)/b8-5+. The topological polar surface area (TPSA) is 84.7 Å². The summed E-state index contributed by atoms with van der Waals surface area (Å²) in [6.07, 6.45) is 3.93. The van der Waals surface area contributed by atoms with Crippen molar-refractivity contribution < 1.29 is 4.79 Å². The van der Waals surface area contributed by atoms with Gasteiger partial charge in [0.15, 0.2) is 5.11 Å². The summed E-state index contributed by atoms with van der Waals surface area (Å²) < 4.78 is 0. The number of anilines is 1. The molecule has 0 unspecified atom stereocenters. The summed E-state index contributed by atoms with van der Waals surface area (Å²) in [5.41, 5.74) is 0.854. The Morgan fingerprint density at radius 1 is 1.39 bits per heavy atom. The normalized spacial score (nSPS) is 10.7. The molecule has 2 aromatic rings. The molecule has 0 radical (unpaired) electrons. The molecule has 0 saturated heterocycles. The van der Waals surface area contributed by atoms with Crippen LogP contribution in [0.1, 0.15) is 18.9 Å². The van der Waals surface area contributed by atoms with Gasteiger partial charge in [0.25, 0.3) is 5.95 Å². The van der Waals surface area contributed by atoms with Crippen molar-refractivity contribution >= 4 is 46.9 Å². The van der Waals surface area contributed by atoms with E-state index in [0.717, 1.165) is 12.0 Å². The number of tetrazole rings is 1. The number of hydrogen-bond acceptors (Lipinski definition) is 5. The smallest absolute Gasteiger partial charge is 0.269 e. The molecule has 9 heteroatoms. The first kappa shape index (κ1) is 17.0. The van der Waals surface area contributed by atoms with Crippen LogP contribution in [0, 0.1) is 0 Å². The van der Waals surface area contributed by atoms with Crippen LogP contribution in [0.15, 0.2) is 30.3 Å². The van der Waals surface area contributed by atoms with Gasteiger partial charge in [-0.15, -0.1) is 5.10 Å². The molecule has 2 N–H and O–H groups in total. The minimum Gasteiger partial charge on any atom is -0.299 e. The lowest BCUT2D eigenvalue weighted by Crippen LogP contribution is -2.33. The van der Waals surface area contributed by atoms with Crippen LogP contribution in [0.5, 0.6) is 0 Å². The largest absolute Gasteiger partial charge is 0.299 e. The number of amides is 1. The number of carbonyl (C=O) groups is 1. The zero-order chi connectivity index (χ0) is 16.7. The third-order valence-corrected chi connectivity index (χ3v) is 3.09. The lowest BCUT2D eigenvalue weighted by Gasteiger charge is -2.03. The molecule has 1 heterocycles. The van der Waals surface area contributed by atoms with Crippen molar-refractivity contribution in [3.8, 4) is 0 Å². The summed E-state index contributed by atoms with van der Waals surface area (Å²) in [5.74, 6) is -0.121. The van der Waals surface area contributed by atoms with Gasteiger partial charge in [0.1, 0.15) is 0 Å². The number of halogens is 1. The van der Waals surface area contributed by atoms with Crippen LogP contribution in [0.4, 0.5) is 5.95 Å². The molecule has 0 aliphatic carbocycles. The van der Waals surface area contributed by atoms with E-state index in [2.05, 4.69) is 26.0 Å². The number of rotatable bonds is 5. The fourth-order valence-electron chi connectivity index (χ4n) is 1.62. The van der Waals surface area contributed by atoms with Crippen molar-refractivity contribution in [3.05, 3.63) is 40.9 Å². The summed E-state index contributed by atoms with van der Waals surface area (Å²) in [7, 11) is 0. The van der Waals surface area contributed by atoms with Gasteiger partial charge in [-0.25, -0.2) is 0 Å². The van der Waals surface area contributed by atoms with Gasteiger partial charge in [0.2, 0.25) is 5.91 Å². The van der Waals surface area contributed by atoms with Gasteiger partial charge in [-0.1, -0.05) is 35.8 Å². The molecule has 0 atom stereocenters. The lowest BCUT2D eigenvalue weighted by atomic mass is 10.2. The summed E-state index contributed by atoms with van der Waals surface area (Å²) in [4.78, 5) is 13.2. The highest BCUT2D eigenvalue weighted by Crippen LogP contribution is 2.10. The number of carbonyl (C=O) groups excluding carboxylic acids is 1. The van der Waals surface area contributed by atoms with Gasteiger partial charge in [-0.2, -0.15) is 4.80 Å². The molecule has 23 heavy (non-hydrogen) atoms. The molecule has 2 rings (SSSR count). The van der Waals surface area contributed by atoms with Gasteiger partial charge in [0.05, 0.1) is 6.54 Å². The highest BCUT2D eigenvalue weighted by atomic mass is 35.5. The number of nitrogens with zero attached hydrogens (tertiary/aromatic N) is 4. The Balaban J connectivity index is 1.84. The average molecular weight is 351 g/mol. The molecule has 1 aromatic heterocycles. The van der Waals surface area contributed by atoms with Gasteiger partial charge < -0.3 is 0 Å². The van der Waals surface area contributed by atoms with E-state index < -0.39 is 0 Å². The van der Waals surface area contributed by atoms with E-state index in [1.165, 1.54) is 10.9 Å². The molecule has 0 saturated carbocycles. The molecule has 1 aromatic carbocycles. The molecule has 7 nitrogen and oxygen atoms in total. The van der Waals surface area contributed by atoms with Crippen LogP contribution in [0.25, 0.3) is 6.08 Å². The van der Waals surface area contributed by atoms with Crippen molar-refractivity contribution in [2.24, 2.45) is 0 Å². The minimum absolute atomic E-state index is 0.104. The molecule has 0 fully saturated rings. The van der Waals surface area contributed by atoms with Crippen LogP contribution in [0.2, 0.25) is 5.02 Å². The van der Waals surface area contributed by atoms with E-state index in [1.54, 1.807) is 30.3 Å². The molecule has 1 amide bonds. The van der Waals surface area contributed by atoms with E-state index in [-0.39, 0.29) is 17.0 Å². The van der Waals surface area contributed by atoms with E-state index >= 15 is 0 Å².